The highest BCUT2D eigenvalue weighted by Gasteiger charge is 2.39. The van der Waals surface area contributed by atoms with Gasteiger partial charge in [0.15, 0.2) is 0 Å². The van der Waals surface area contributed by atoms with Gasteiger partial charge in [-0.05, 0) is 39.2 Å². The average Bonchev–Trinajstić information content (AvgIpc) is 2.37. The van der Waals surface area contributed by atoms with Crippen LogP contribution in [0.2, 0.25) is 0 Å². The third-order valence-corrected chi connectivity index (χ3v) is 3.01. The molecule has 0 bridgehead atoms. The van der Waals surface area contributed by atoms with E-state index in [2.05, 4.69) is 0 Å². The lowest BCUT2D eigenvalue weighted by Gasteiger charge is -2.31. The van der Waals surface area contributed by atoms with E-state index in [1.807, 2.05) is 6.07 Å². The number of ether oxygens (including phenoxy) is 1. The maximum atomic E-state index is 12.5. The van der Waals surface area contributed by atoms with E-state index in [-0.39, 0.29) is 12.8 Å². The molecule has 1 aromatic carbocycles. The van der Waals surface area contributed by atoms with Crippen molar-refractivity contribution in [1.82, 2.24) is 0 Å². The maximum Gasteiger partial charge on any atom is 0.331 e. The van der Waals surface area contributed by atoms with E-state index < -0.39 is 23.1 Å². The van der Waals surface area contributed by atoms with Gasteiger partial charge in [-0.15, -0.1) is 0 Å². The van der Waals surface area contributed by atoms with Gasteiger partial charge >= 0.3 is 11.9 Å². The Morgan fingerprint density at radius 3 is 2.24 bits per heavy atom. The number of benzene rings is 1. The van der Waals surface area contributed by atoms with Crippen molar-refractivity contribution in [3.8, 4) is 0 Å². The van der Waals surface area contributed by atoms with Crippen LogP contribution in [0.4, 0.5) is 0 Å². The largest absolute Gasteiger partial charge is 0.481 e. The molecule has 0 aliphatic heterocycles. The molecule has 3 N–H and O–H groups in total. The fraction of sp³-hybridized carbons (Fsp3) is 0.500. The highest BCUT2D eigenvalue weighted by molar-refractivity contribution is 5.82. The van der Waals surface area contributed by atoms with E-state index in [0.717, 1.165) is 0 Å². The van der Waals surface area contributed by atoms with Crippen molar-refractivity contribution < 1.29 is 19.4 Å². The normalized spacial score (nSPS) is 14.3. The molecule has 0 aromatic heterocycles. The Kier molecular flexibility index (Phi) is 5.49. The first-order valence-corrected chi connectivity index (χ1v) is 6.95. The Morgan fingerprint density at radius 1 is 1.19 bits per heavy atom. The third kappa shape index (κ3) is 5.19. The van der Waals surface area contributed by atoms with Gasteiger partial charge in [0.25, 0.3) is 0 Å². The number of hydrogen-bond donors (Lipinski definition) is 2. The molecule has 5 nitrogen and oxygen atoms in total. The fourth-order valence-corrected chi connectivity index (χ4v) is 1.99. The second-order valence-electron chi connectivity index (χ2n) is 6.09. The summed E-state index contributed by atoms with van der Waals surface area (Å²) in [6, 6.07) is 8.92. The van der Waals surface area contributed by atoms with Gasteiger partial charge in [0, 0.05) is 6.42 Å². The van der Waals surface area contributed by atoms with Crippen molar-refractivity contribution in [2.24, 2.45) is 5.73 Å². The first-order valence-electron chi connectivity index (χ1n) is 6.95. The fourth-order valence-electron chi connectivity index (χ4n) is 1.99. The summed E-state index contributed by atoms with van der Waals surface area (Å²) in [4.78, 5) is 23.1. The van der Waals surface area contributed by atoms with E-state index in [0.29, 0.717) is 12.0 Å². The second-order valence-corrected chi connectivity index (χ2v) is 6.09. The lowest BCUT2D eigenvalue weighted by atomic mass is 9.85. The van der Waals surface area contributed by atoms with E-state index >= 15 is 0 Å². The first kappa shape index (κ1) is 17.2. The number of esters is 1. The molecule has 0 fully saturated rings. The van der Waals surface area contributed by atoms with E-state index in [9.17, 15) is 9.59 Å². The molecule has 5 heteroatoms. The molecule has 0 radical (unpaired) electrons. The van der Waals surface area contributed by atoms with Crippen molar-refractivity contribution in [1.29, 1.82) is 0 Å². The molecular formula is C16H23NO4. The Balaban J connectivity index is 2.99. The molecule has 0 spiro atoms. The van der Waals surface area contributed by atoms with Crippen molar-refractivity contribution >= 4 is 11.9 Å². The topological polar surface area (TPSA) is 89.6 Å². The molecule has 1 aromatic rings. The first-order chi connectivity index (χ1) is 9.65. The van der Waals surface area contributed by atoms with Crippen molar-refractivity contribution in [3.63, 3.8) is 0 Å². The second kappa shape index (κ2) is 6.72. The number of rotatable bonds is 6. The van der Waals surface area contributed by atoms with Gasteiger partial charge < -0.3 is 15.6 Å². The Bertz CT molecular complexity index is 493. The van der Waals surface area contributed by atoms with E-state index in [4.69, 9.17) is 15.6 Å². The van der Waals surface area contributed by atoms with Crippen LogP contribution in [0.5, 0.6) is 0 Å². The minimum Gasteiger partial charge on any atom is -0.481 e. The average molecular weight is 293 g/mol. The molecule has 0 amide bonds. The summed E-state index contributed by atoms with van der Waals surface area (Å²) in [5, 5.41) is 8.75. The molecule has 0 aliphatic carbocycles. The summed E-state index contributed by atoms with van der Waals surface area (Å²) in [5.74, 6) is -1.44. The van der Waals surface area contributed by atoms with Gasteiger partial charge in [0.05, 0.1) is 0 Å². The zero-order valence-electron chi connectivity index (χ0n) is 12.8. The quantitative estimate of drug-likeness (QED) is 0.786. The van der Waals surface area contributed by atoms with Crippen LogP contribution in [0.1, 0.15) is 45.6 Å². The van der Waals surface area contributed by atoms with Crippen LogP contribution in [0.25, 0.3) is 0 Å². The predicted octanol–water partition coefficient (Wildman–Crippen LogP) is 2.44. The minimum absolute atomic E-state index is 0.0332. The number of carbonyl (C=O) groups is 2. The summed E-state index contributed by atoms with van der Waals surface area (Å²) in [7, 11) is 0. The van der Waals surface area contributed by atoms with Crippen LogP contribution in [-0.2, 0) is 19.9 Å². The third-order valence-electron chi connectivity index (χ3n) is 3.01. The van der Waals surface area contributed by atoms with Gasteiger partial charge in [-0.1, -0.05) is 30.3 Å². The van der Waals surface area contributed by atoms with Crippen LogP contribution >= 0.6 is 0 Å². The maximum absolute atomic E-state index is 12.5. The van der Waals surface area contributed by atoms with Crippen molar-refractivity contribution in [2.75, 3.05) is 0 Å². The Hall–Kier alpha value is -1.88. The lowest BCUT2D eigenvalue weighted by Crippen LogP contribution is -2.48. The molecule has 1 atom stereocenters. The molecule has 116 valence electrons. The molecule has 0 aliphatic rings. The Morgan fingerprint density at radius 2 is 1.76 bits per heavy atom. The highest BCUT2D eigenvalue weighted by atomic mass is 16.6. The molecular weight excluding hydrogens is 270 g/mol. The number of carbonyl (C=O) groups excluding carboxylic acids is 1. The lowest BCUT2D eigenvalue weighted by molar-refractivity contribution is -0.162. The predicted molar refractivity (Wildman–Crippen MR) is 79.6 cm³/mol. The summed E-state index contributed by atoms with van der Waals surface area (Å²) in [6.45, 7) is 5.31. The van der Waals surface area contributed by atoms with Crippen LogP contribution in [0, 0.1) is 0 Å². The van der Waals surface area contributed by atoms with Crippen LogP contribution < -0.4 is 5.73 Å². The van der Waals surface area contributed by atoms with Crippen molar-refractivity contribution in [2.45, 2.75) is 51.2 Å². The number of hydrogen-bond acceptors (Lipinski definition) is 4. The molecule has 0 saturated carbocycles. The summed E-state index contributed by atoms with van der Waals surface area (Å²) >= 11 is 0. The minimum atomic E-state index is -1.33. The summed E-state index contributed by atoms with van der Waals surface area (Å²) in [5.41, 5.74) is 4.94. The summed E-state index contributed by atoms with van der Waals surface area (Å²) in [6.07, 6.45) is 0.493. The zero-order chi connectivity index (χ0) is 16.1. The van der Waals surface area contributed by atoms with Gasteiger partial charge in [-0.2, -0.15) is 0 Å². The van der Waals surface area contributed by atoms with E-state index in [1.165, 1.54) is 0 Å². The zero-order valence-corrected chi connectivity index (χ0v) is 12.8. The van der Waals surface area contributed by atoms with Crippen molar-refractivity contribution in [3.05, 3.63) is 35.9 Å². The SMILES string of the molecule is CC(C)(C)OC(=O)C(N)(CCCC(=O)O)c1ccccc1. The highest BCUT2D eigenvalue weighted by Crippen LogP contribution is 2.28. The van der Waals surface area contributed by atoms with Gasteiger partial charge in [-0.3, -0.25) is 4.79 Å². The monoisotopic (exact) mass is 293 g/mol. The molecule has 1 rings (SSSR count). The standard InChI is InChI=1S/C16H23NO4/c1-15(2,3)21-14(20)16(17,11-7-10-13(18)19)12-8-5-4-6-9-12/h4-6,8-9H,7,10-11,17H2,1-3H3,(H,18,19). The van der Waals surface area contributed by atoms with Gasteiger partial charge in [0.2, 0.25) is 0 Å². The smallest absolute Gasteiger partial charge is 0.331 e. The number of carboxylic acid groups (broad SMARTS) is 1. The number of nitrogens with two attached hydrogens (primary N) is 1. The number of aliphatic carboxylic acids is 1. The molecule has 0 heterocycles. The Labute approximate surface area is 125 Å². The number of carboxylic acids is 1. The van der Waals surface area contributed by atoms with Crippen LogP contribution in [0.15, 0.2) is 30.3 Å². The van der Waals surface area contributed by atoms with Crippen LogP contribution in [0.3, 0.4) is 0 Å². The molecule has 1 unspecified atom stereocenters. The molecule has 0 saturated heterocycles. The van der Waals surface area contributed by atoms with Crippen LogP contribution in [-0.4, -0.2) is 22.6 Å². The molecule has 21 heavy (non-hydrogen) atoms. The van der Waals surface area contributed by atoms with E-state index in [1.54, 1.807) is 45.0 Å². The summed E-state index contributed by atoms with van der Waals surface area (Å²) < 4.78 is 5.40. The van der Waals surface area contributed by atoms with Gasteiger partial charge in [-0.25, -0.2) is 4.79 Å². The van der Waals surface area contributed by atoms with Gasteiger partial charge in [0.1, 0.15) is 11.1 Å².